The van der Waals surface area contributed by atoms with Crippen molar-refractivity contribution in [2.45, 2.75) is 48.7 Å². The molecule has 3 unspecified atom stereocenters. The lowest BCUT2D eigenvalue weighted by atomic mass is 9.77. The molecule has 0 bridgehead atoms. The molecule has 7 aromatic carbocycles. The predicted molar refractivity (Wildman–Crippen MR) is 379 cm³/mol. The van der Waals surface area contributed by atoms with Gasteiger partial charge in [-0.05, 0) is 63.2 Å². The molecule has 0 saturated carbocycles. The normalized spacial score (nSPS) is 16.0. The minimum atomic E-state index is -2.21. The van der Waals surface area contributed by atoms with Gasteiger partial charge in [-0.15, -0.1) is 11.8 Å². The number of rotatable bonds is 33. The molecule has 5 heterocycles. The molecule has 2 aromatic heterocycles. The summed E-state index contributed by atoms with van der Waals surface area (Å²) in [6.45, 7) is -0.399. The average molecular weight is 1570 g/mol. The molecule has 103 heavy (non-hydrogen) atoms. The number of hydrogen-bond acceptors (Lipinski definition) is 19. The first-order valence-electron chi connectivity index (χ1n) is 32.4. The van der Waals surface area contributed by atoms with Crippen LogP contribution in [-0.4, -0.2) is 117 Å². The number of nitrogens with zero attached hydrogens (tertiary/aromatic N) is 5. The standard InChI is InChI=1S/C76H71F2N7O14S3.HI/c1-90-39-41-93-49-96-68-61(77)45-60(63(78)69(68)97-50-94-42-40-91-2)67(73(89)98-66(52-20-9-4-10-21-52)53-22-11-5-12-23-53)99-82-102-48-58(79-74(102)81-76(55-25-13-6-14-26-55,56-27-15-7-16-28-56)57-29-17-8-18-30-57)44-62(86)80-64-70(87)85-65(72(88)95-46-51-31-33-59(92-3)34-32-51)54(47-101-71(64)85)24-19-35-83-36-37-84-38-43-100-75(83)84;/h4-34,36-38,43,45,48,64,66-67,71H,35,39-42,44,46-47,49-50H2,1-3H3,(H-,79,80,81,86);1H/t64-,67?,71?,102?;/m0./s1. The Morgan fingerprint density at radius 2 is 1.36 bits per heavy atom. The molecule has 0 aliphatic carbocycles. The van der Waals surface area contributed by atoms with Crippen molar-refractivity contribution in [1.82, 2.24) is 20.1 Å². The van der Waals surface area contributed by atoms with Crippen LogP contribution in [0.4, 0.5) is 8.78 Å². The Morgan fingerprint density at radius 1 is 0.767 bits per heavy atom. The number of aliphatic imine (C=N–C) groups is 1. The Balaban J connectivity index is 0.0000106. The van der Waals surface area contributed by atoms with Crippen LogP contribution in [0.3, 0.4) is 0 Å². The van der Waals surface area contributed by atoms with Crippen molar-refractivity contribution in [3.05, 3.63) is 291 Å². The number of benzene rings is 7. The fourth-order valence-corrected chi connectivity index (χ4v) is 15.1. The second-order valence-corrected chi connectivity index (χ2v) is 26.5. The lowest BCUT2D eigenvalue weighted by Gasteiger charge is -2.49. The Morgan fingerprint density at radius 3 is 1.95 bits per heavy atom. The number of hydrogen-bond donors (Lipinski definition) is 2. The number of carbonyl (C=O) groups excluding carboxylic acids is 4. The van der Waals surface area contributed by atoms with Crippen LogP contribution in [0.1, 0.15) is 57.6 Å². The minimum absolute atomic E-state index is 0. The third-order valence-electron chi connectivity index (χ3n) is 16.6. The first-order valence-corrected chi connectivity index (χ1v) is 35.6. The van der Waals surface area contributed by atoms with Gasteiger partial charge in [0, 0.05) is 47.0 Å². The first kappa shape index (κ1) is 74.7. The first-order chi connectivity index (χ1) is 50.0. The summed E-state index contributed by atoms with van der Waals surface area (Å²) in [5.41, 5.74) is 2.83. The van der Waals surface area contributed by atoms with Crippen molar-refractivity contribution >= 4 is 67.7 Å². The Bertz CT molecular complexity index is 4420. The van der Waals surface area contributed by atoms with Gasteiger partial charge in [-0.2, -0.15) is 4.40 Å². The van der Waals surface area contributed by atoms with Gasteiger partial charge in [-0.3, -0.25) is 14.5 Å². The van der Waals surface area contributed by atoms with E-state index in [1.807, 2.05) is 132 Å². The van der Waals surface area contributed by atoms with Crippen molar-refractivity contribution in [3.8, 4) is 17.2 Å². The van der Waals surface area contributed by atoms with Crippen molar-refractivity contribution in [1.29, 1.82) is 0 Å². The highest BCUT2D eigenvalue weighted by atomic mass is 127. The molecular formula is C76H72F2IN7O14S3. The van der Waals surface area contributed by atoms with Crippen molar-refractivity contribution < 1.29 is 104 Å². The number of β-lactam (4-membered cyclic amide) rings is 1. The molecule has 4 atom stereocenters. The molecule has 27 heteroatoms. The summed E-state index contributed by atoms with van der Waals surface area (Å²) >= 11 is 2.96. The van der Waals surface area contributed by atoms with E-state index in [4.69, 9.17) is 57.0 Å². The maximum atomic E-state index is 17.9. The molecule has 3 aliphatic rings. The fraction of sp³-hybridized carbons (Fsp3) is 0.237. The van der Waals surface area contributed by atoms with Gasteiger partial charge >= 0.3 is 16.9 Å². The molecule has 21 nitrogen and oxygen atoms in total. The largest absolute Gasteiger partial charge is 1.00 e. The smallest absolute Gasteiger partial charge is 0.355 e. The molecule has 9 aromatic rings. The third-order valence-corrected chi connectivity index (χ3v) is 20.2. The number of nitrogens with one attached hydrogen (secondary N) is 2. The number of ether oxygens (including phenoxy) is 9. The van der Waals surface area contributed by atoms with E-state index in [-0.39, 0.29) is 73.6 Å². The Labute approximate surface area is 621 Å². The van der Waals surface area contributed by atoms with E-state index >= 15 is 13.6 Å². The van der Waals surface area contributed by atoms with E-state index in [0.717, 1.165) is 27.7 Å². The zero-order valence-electron chi connectivity index (χ0n) is 56.1. The van der Waals surface area contributed by atoms with Gasteiger partial charge in [0.05, 0.1) is 45.7 Å². The number of methoxy groups -OCH3 is 3. The number of thiazole rings is 1. The summed E-state index contributed by atoms with van der Waals surface area (Å²) < 4.78 is 93.9. The zero-order chi connectivity index (χ0) is 70.8. The van der Waals surface area contributed by atoms with Gasteiger partial charge in [0.1, 0.15) is 60.1 Å². The Kier molecular flexibility index (Phi) is 26.2. The summed E-state index contributed by atoms with van der Waals surface area (Å²) in [6.07, 6.45) is 5.88. The zero-order valence-corrected chi connectivity index (χ0v) is 60.7. The van der Waals surface area contributed by atoms with E-state index in [1.165, 1.54) is 30.9 Å². The highest BCUT2D eigenvalue weighted by molar-refractivity contribution is 8.05. The van der Waals surface area contributed by atoms with Gasteiger partial charge < -0.3 is 77.2 Å². The molecule has 2 N–H and O–H groups in total. The molecule has 534 valence electrons. The topological polar surface area (TPSA) is 222 Å². The van der Waals surface area contributed by atoms with Crippen LogP contribution in [0.2, 0.25) is 0 Å². The predicted octanol–water partition coefficient (Wildman–Crippen LogP) is 8.52. The number of halogens is 3. The molecule has 2 amide bonds. The SMILES string of the molecule is COCCOCOc1c(F)cc(C(ON=S2C=C(CC(=O)N[C@H]3C(=O)N4C(C(=O)OCc5ccc(OC)cc5)=C(C=CCn5cc[n+]6ccsc56)CSC34)N=C2NC(c2ccccc2)(c2ccccc2)c2ccccc2)C(=O)OC(c2ccccc2)c2ccccc2)c(F)c1OCOCCOC.[I-]. The van der Waals surface area contributed by atoms with Crippen LogP contribution < -0.4 is 53.2 Å². The number of amidine groups is 1. The second-order valence-electron chi connectivity index (χ2n) is 23.1. The lowest BCUT2D eigenvalue weighted by Crippen LogP contribution is -3.00. The summed E-state index contributed by atoms with van der Waals surface area (Å²) in [5.74, 6) is -6.14. The summed E-state index contributed by atoms with van der Waals surface area (Å²) in [5, 5.41) is 9.61. The van der Waals surface area contributed by atoms with Crippen molar-refractivity contribution in [2.75, 3.05) is 67.1 Å². The second kappa shape index (κ2) is 36.1. The quantitative estimate of drug-likeness (QED) is 0.00575. The number of amides is 2. The van der Waals surface area contributed by atoms with Crippen LogP contribution in [0.5, 0.6) is 17.2 Å². The monoisotopic (exact) mass is 1570 g/mol. The van der Waals surface area contributed by atoms with Crippen molar-refractivity contribution in [2.24, 2.45) is 9.52 Å². The molecule has 0 spiro atoms. The average Bonchev–Trinajstić information content (AvgIpc) is 0.830. The lowest BCUT2D eigenvalue weighted by molar-refractivity contribution is -0.506. The minimum Gasteiger partial charge on any atom is -1.00 e. The molecule has 12 rings (SSSR count). The maximum absolute atomic E-state index is 17.9. The molecular weight excluding hydrogens is 1500 g/mol. The van der Waals surface area contributed by atoms with Crippen LogP contribution in [0, 0.1) is 11.6 Å². The van der Waals surface area contributed by atoms with Gasteiger partial charge in [0.25, 0.3) is 5.91 Å². The van der Waals surface area contributed by atoms with E-state index in [9.17, 15) is 14.4 Å². The summed E-state index contributed by atoms with van der Waals surface area (Å²) in [6, 6.07) is 53.1. The number of fused-ring (bicyclic) bond motifs is 2. The van der Waals surface area contributed by atoms with E-state index < -0.39 is 112 Å². The van der Waals surface area contributed by atoms with Gasteiger partial charge in [0.2, 0.25) is 23.5 Å². The number of allylic oxidation sites excluding steroid dienone is 2. The molecule has 0 radical (unpaired) electrons. The summed E-state index contributed by atoms with van der Waals surface area (Å²) in [4.78, 5) is 73.0. The molecule has 1 saturated heterocycles. The molecule has 3 aliphatic heterocycles. The number of thioether (sulfide) groups is 1. The highest BCUT2D eigenvalue weighted by Crippen LogP contribution is 2.44. The number of imidazole rings is 1. The fourth-order valence-electron chi connectivity index (χ4n) is 11.7. The van der Waals surface area contributed by atoms with Gasteiger partial charge in [-0.25, -0.2) is 32.8 Å². The van der Waals surface area contributed by atoms with Crippen LogP contribution in [0.15, 0.2) is 250 Å². The third kappa shape index (κ3) is 17.6. The molecule has 1 fully saturated rings. The van der Waals surface area contributed by atoms with Gasteiger partial charge in [0.15, 0.2) is 36.5 Å². The van der Waals surface area contributed by atoms with Gasteiger partial charge in [-0.1, -0.05) is 186 Å². The number of aromatic nitrogens is 2. The maximum Gasteiger partial charge on any atom is 0.355 e. The number of carbonyl (C=O) groups is 4. The van der Waals surface area contributed by atoms with E-state index in [0.29, 0.717) is 40.3 Å². The van der Waals surface area contributed by atoms with Crippen LogP contribution >= 0.6 is 23.1 Å². The van der Waals surface area contributed by atoms with E-state index in [2.05, 4.69) is 15.2 Å². The van der Waals surface area contributed by atoms with E-state index in [1.54, 1.807) is 109 Å². The highest BCUT2D eigenvalue weighted by Gasteiger charge is 2.54. The van der Waals surface area contributed by atoms with Crippen molar-refractivity contribution in [3.63, 3.8) is 0 Å². The van der Waals surface area contributed by atoms with Crippen LogP contribution in [-0.2, 0) is 81.8 Å². The Hall–Kier alpha value is -9.43. The van der Waals surface area contributed by atoms with Crippen LogP contribution in [0.25, 0.3) is 4.96 Å². The summed E-state index contributed by atoms with van der Waals surface area (Å²) in [7, 11) is 2.73. The number of esters is 2.